The third-order valence-electron chi connectivity index (χ3n) is 6.64. The number of hydrogen-bond acceptors (Lipinski definition) is 4. The Morgan fingerprint density at radius 2 is 1.63 bits per heavy atom. The SMILES string of the molecule is CCOC(=O)c1c(C[NH+]2CCN(c3ccccc3)CC2)n(-c2ccccc2)c2cc(Br)c(O)cc12. The third kappa shape index (κ3) is 4.66. The highest BCUT2D eigenvalue weighted by molar-refractivity contribution is 9.10. The molecule has 0 atom stereocenters. The average molecular weight is 535 g/mol. The van der Waals surface area contributed by atoms with Crippen molar-refractivity contribution in [1.29, 1.82) is 0 Å². The van der Waals surface area contributed by atoms with E-state index in [1.165, 1.54) is 10.6 Å². The lowest BCUT2D eigenvalue weighted by Gasteiger charge is -2.34. The molecule has 0 bridgehead atoms. The van der Waals surface area contributed by atoms with Gasteiger partial charge in [0.15, 0.2) is 0 Å². The zero-order chi connectivity index (χ0) is 24.4. The molecule has 0 unspecified atom stereocenters. The Hall–Kier alpha value is -3.29. The van der Waals surface area contributed by atoms with Gasteiger partial charge in [-0.05, 0) is 59.3 Å². The number of esters is 1. The van der Waals surface area contributed by atoms with Crippen molar-refractivity contribution >= 4 is 38.5 Å². The number of ether oxygens (including phenoxy) is 1. The van der Waals surface area contributed by atoms with Crippen LogP contribution in [-0.4, -0.2) is 48.4 Å². The van der Waals surface area contributed by atoms with Gasteiger partial charge in [-0.2, -0.15) is 0 Å². The van der Waals surface area contributed by atoms with Crippen molar-refractivity contribution < 1.29 is 19.5 Å². The maximum atomic E-state index is 13.3. The summed E-state index contributed by atoms with van der Waals surface area (Å²) in [5.41, 5.74) is 4.53. The maximum absolute atomic E-state index is 13.3. The summed E-state index contributed by atoms with van der Waals surface area (Å²) >= 11 is 3.46. The minimum atomic E-state index is -0.355. The van der Waals surface area contributed by atoms with Crippen molar-refractivity contribution in [3.8, 4) is 11.4 Å². The molecule has 0 amide bonds. The van der Waals surface area contributed by atoms with E-state index in [4.69, 9.17) is 4.74 Å². The highest BCUT2D eigenvalue weighted by atomic mass is 79.9. The number of carbonyl (C=O) groups is 1. The van der Waals surface area contributed by atoms with Crippen LogP contribution in [0.2, 0.25) is 0 Å². The number of anilines is 1. The summed E-state index contributed by atoms with van der Waals surface area (Å²) in [6.07, 6.45) is 0. The number of rotatable bonds is 6. The molecule has 1 aliphatic heterocycles. The summed E-state index contributed by atoms with van der Waals surface area (Å²) in [6, 6.07) is 24.1. The molecule has 0 spiro atoms. The fourth-order valence-corrected chi connectivity index (χ4v) is 5.28. The molecule has 1 aliphatic rings. The van der Waals surface area contributed by atoms with Gasteiger partial charge in [0.2, 0.25) is 0 Å². The standard InChI is InChI=1S/C28H28BrN3O3/c1-2-35-28(34)27-22-17-26(33)23(29)18-24(22)32(21-11-7-4-8-12-21)25(27)19-30-13-15-31(16-14-30)20-9-5-3-6-10-20/h3-12,17-18,33H,2,13-16,19H2,1H3/p+1. The molecule has 1 saturated heterocycles. The van der Waals surface area contributed by atoms with E-state index in [1.54, 1.807) is 6.07 Å². The van der Waals surface area contributed by atoms with Gasteiger partial charge in [0.05, 0.1) is 54.0 Å². The number of phenols is 1. The summed E-state index contributed by atoms with van der Waals surface area (Å²) in [7, 11) is 0. The molecule has 3 aromatic carbocycles. The van der Waals surface area contributed by atoms with Crippen molar-refractivity contribution in [2.45, 2.75) is 13.5 Å². The molecule has 1 fully saturated rings. The number of aromatic hydroxyl groups is 1. The molecule has 4 aromatic rings. The summed E-state index contributed by atoms with van der Waals surface area (Å²) in [5.74, 6) is -0.255. The van der Waals surface area contributed by atoms with Crippen molar-refractivity contribution in [1.82, 2.24) is 4.57 Å². The Labute approximate surface area is 213 Å². The molecule has 2 N–H and O–H groups in total. The van der Waals surface area contributed by atoms with Crippen LogP contribution in [0.25, 0.3) is 16.6 Å². The highest BCUT2D eigenvalue weighted by Gasteiger charge is 2.30. The van der Waals surface area contributed by atoms with Gasteiger partial charge >= 0.3 is 5.97 Å². The zero-order valence-electron chi connectivity index (χ0n) is 19.7. The van der Waals surface area contributed by atoms with Gasteiger partial charge in [0.25, 0.3) is 0 Å². The predicted octanol–water partition coefficient (Wildman–Crippen LogP) is 4.18. The fraction of sp³-hybridized carbons (Fsp3) is 0.250. The number of phenolic OH excluding ortho intramolecular Hbond substituents is 1. The lowest BCUT2D eigenvalue weighted by Crippen LogP contribution is -3.13. The molecule has 0 aliphatic carbocycles. The number of nitrogens with zero attached hydrogens (tertiary/aromatic N) is 2. The quantitative estimate of drug-likeness (QED) is 0.364. The molecule has 0 saturated carbocycles. The van der Waals surface area contributed by atoms with Gasteiger partial charge in [-0.1, -0.05) is 36.4 Å². The van der Waals surface area contributed by atoms with Crippen molar-refractivity contribution in [2.24, 2.45) is 0 Å². The van der Waals surface area contributed by atoms with Crippen molar-refractivity contribution in [3.05, 3.63) is 88.5 Å². The number of halogens is 1. The van der Waals surface area contributed by atoms with Crippen LogP contribution in [0.1, 0.15) is 23.0 Å². The summed E-state index contributed by atoms with van der Waals surface area (Å²) in [5, 5.41) is 11.2. The average Bonchev–Trinajstić information content (AvgIpc) is 3.18. The first-order valence-electron chi connectivity index (χ1n) is 12.0. The summed E-state index contributed by atoms with van der Waals surface area (Å²) in [6.45, 7) is 6.61. The molecule has 180 valence electrons. The molecule has 35 heavy (non-hydrogen) atoms. The van der Waals surface area contributed by atoms with Crippen LogP contribution in [0.3, 0.4) is 0 Å². The number of para-hydroxylation sites is 2. The first-order valence-corrected chi connectivity index (χ1v) is 12.8. The van der Waals surface area contributed by atoms with Crippen LogP contribution in [0.15, 0.2) is 77.3 Å². The van der Waals surface area contributed by atoms with E-state index in [1.807, 2.05) is 49.4 Å². The van der Waals surface area contributed by atoms with Gasteiger partial charge in [-0.3, -0.25) is 0 Å². The van der Waals surface area contributed by atoms with Crippen LogP contribution in [-0.2, 0) is 11.3 Å². The lowest BCUT2D eigenvalue weighted by atomic mass is 10.1. The second-order valence-electron chi connectivity index (χ2n) is 8.78. The number of quaternary nitrogens is 1. The van der Waals surface area contributed by atoms with Crippen LogP contribution in [0.4, 0.5) is 5.69 Å². The number of hydrogen-bond donors (Lipinski definition) is 2. The van der Waals surface area contributed by atoms with Gasteiger partial charge in [-0.25, -0.2) is 4.79 Å². The number of carbonyl (C=O) groups excluding carboxylic acids is 1. The zero-order valence-corrected chi connectivity index (χ0v) is 21.3. The predicted molar refractivity (Wildman–Crippen MR) is 142 cm³/mol. The van der Waals surface area contributed by atoms with E-state index in [-0.39, 0.29) is 11.7 Å². The second-order valence-corrected chi connectivity index (χ2v) is 9.64. The molecule has 1 aromatic heterocycles. The van der Waals surface area contributed by atoms with Crippen LogP contribution in [0, 0.1) is 0 Å². The van der Waals surface area contributed by atoms with Crippen LogP contribution in [0.5, 0.6) is 5.75 Å². The Kier molecular flexibility index (Phi) is 6.79. The van der Waals surface area contributed by atoms with E-state index in [0.29, 0.717) is 28.6 Å². The largest absolute Gasteiger partial charge is 0.507 e. The maximum Gasteiger partial charge on any atom is 0.340 e. The van der Waals surface area contributed by atoms with Crippen LogP contribution >= 0.6 is 15.9 Å². The second kappa shape index (κ2) is 10.1. The number of aromatic nitrogens is 1. The third-order valence-corrected chi connectivity index (χ3v) is 7.27. The van der Waals surface area contributed by atoms with Gasteiger partial charge in [0.1, 0.15) is 12.3 Å². The van der Waals surface area contributed by atoms with E-state index in [9.17, 15) is 9.90 Å². The monoisotopic (exact) mass is 534 g/mol. The Balaban J connectivity index is 1.57. The van der Waals surface area contributed by atoms with E-state index in [0.717, 1.165) is 43.1 Å². The van der Waals surface area contributed by atoms with Gasteiger partial charge in [-0.15, -0.1) is 0 Å². The molecule has 7 heteroatoms. The summed E-state index contributed by atoms with van der Waals surface area (Å²) < 4.78 is 8.23. The minimum absolute atomic E-state index is 0.101. The number of benzene rings is 3. The Morgan fingerprint density at radius 3 is 2.26 bits per heavy atom. The van der Waals surface area contributed by atoms with E-state index in [2.05, 4.69) is 49.7 Å². The Morgan fingerprint density at radius 1 is 1.00 bits per heavy atom. The Bertz CT molecular complexity index is 1330. The van der Waals surface area contributed by atoms with Gasteiger partial charge < -0.3 is 24.2 Å². The first-order chi connectivity index (χ1) is 17.1. The smallest absolute Gasteiger partial charge is 0.340 e. The van der Waals surface area contributed by atoms with Crippen molar-refractivity contribution in [2.75, 3.05) is 37.7 Å². The molecule has 6 nitrogen and oxygen atoms in total. The molecule has 5 rings (SSSR count). The number of fused-ring (bicyclic) bond motifs is 1. The molecular formula is C28H29BrN3O3+. The topological polar surface area (TPSA) is 59.1 Å². The fourth-order valence-electron chi connectivity index (χ4n) is 4.95. The van der Waals surface area contributed by atoms with E-state index >= 15 is 0 Å². The molecule has 2 heterocycles. The van der Waals surface area contributed by atoms with E-state index < -0.39 is 0 Å². The molecular weight excluding hydrogens is 506 g/mol. The van der Waals surface area contributed by atoms with Crippen LogP contribution < -0.4 is 9.80 Å². The normalized spacial score (nSPS) is 14.4. The molecule has 0 radical (unpaired) electrons. The number of piperazine rings is 1. The van der Waals surface area contributed by atoms with Gasteiger partial charge in [0, 0.05) is 16.8 Å². The minimum Gasteiger partial charge on any atom is -0.507 e. The highest BCUT2D eigenvalue weighted by Crippen LogP contribution is 2.36. The van der Waals surface area contributed by atoms with Crippen molar-refractivity contribution in [3.63, 3.8) is 0 Å². The number of nitrogens with one attached hydrogen (secondary N) is 1. The first kappa shape index (κ1) is 23.5. The lowest BCUT2D eigenvalue weighted by molar-refractivity contribution is -0.914. The summed E-state index contributed by atoms with van der Waals surface area (Å²) in [4.78, 5) is 17.1.